The van der Waals surface area contributed by atoms with Crippen LogP contribution in [0.25, 0.3) is 38.7 Å². The molecule has 6 rings (SSSR count). The first-order valence-electron chi connectivity index (χ1n) is 10.9. The first-order chi connectivity index (χ1) is 16.6. The zero-order valence-corrected chi connectivity index (χ0v) is 18.7. The number of hydrogen-bond donors (Lipinski definition) is 1. The molecule has 0 atom stereocenters. The number of para-hydroxylation sites is 1. The third-order valence-electron chi connectivity index (χ3n) is 5.92. The molecule has 4 heterocycles. The topological polar surface area (TPSA) is 76.0 Å². The number of rotatable bonds is 4. The minimum atomic E-state index is -0.151. The fourth-order valence-electron chi connectivity index (χ4n) is 4.24. The van der Waals surface area contributed by atoms with Crippen LogP contribution >= 0.6 is 0 Å². The monoisotopic (exact) mass is 447 g/mol. The molecule has 0 aliphatic rings. The maximum Gasteiger partial charge on any atom is 0.220 e. The smallest absolute Gasteiger partial charge is 0.220 e. The Morgan fingerprint density at radius 1 is 0.912 bits per heavy atom. The van der Waals surface area contributed by atoms with Gasteiger partial charge in [-0.25, -0.2) is 9.97 Å². The molecule has 166 valence electrons. The van der Waals surface area contributed by atoms with Gasteiger partial charge in [0.05, 0.1) is 28.4 Å². The van der Waals surface area contributed by atoms with Crippen LogP contribution in [0.3, 0.4) is 0 Å². The molecular weight excluding hydrogens is 426 g/mol. The summed E-state index contributed by atoms with van der Waals surface area (Å²) in [5.74, 6) is 1.81. The Morgan fingerprint density at radius 3 is 2.59 bits per heavy atom. The summed E-state index contributed by atoms with van der Waals surface area (Å²) in [6, 6.07) is 23.3. The van der Waals surface area contributed by atoms with Crippen molar-refractivity contribution in [1.82, 2.24) is 19.5 Å². The van der Waals surface area contributed by atoms with Crippen molar-refractivity contribution < 1.29 is 4.74 Å². The number of aromatic nitrogens is 4. The number of hydrogen-bond acceptors (Lipinski definition) is 5. The Balaban J connectivity index is 1.49. The van der Waals surface area contributed by atoms with Crippen molar-refractivity contribution in [2.45, 2.75) is 0 Å². The van der Waals surface area contributed by atoms with E-state index in [1.165, 1.54) is 6.07 Å². The quantitative estimate of drug-likeness (QED) is 0.398. The van der Waals surface area contributed by atoms with Gasteiger partial charge >= 0.3 is 0 Å². The summed E-state index contributed by atoms with van der Waals surface area (Å²) in [6.07, 6.45) is 3.48. The van der Waals surface area contributed by atoms with Crippen molar-refractivity contribution in [2.75, 3.05) is 19.0 Å². The molecule has 0 amide bonds. The summed E-state index contributed by atoms with van der Waals surface area (Å²) in [5.41, 5.74) is 3.94. The Hall–Kier alpha value is -4.65. The van der Waals surface area contributed by atoms with E-state index in [1.807, 2.05) is 61.6 Å². The largest absolute Gasteiger partial charge is 0.439 e. The van der Waals surface area contributed by atoms with Crippen LogP contribution in [0.4, 0.5) is 5.69 Å². The molecule has 4 aromatic heterocycles. The molecule has 0 saturated carbocycles. The van der Waals surface area contributed by atoms with Crippen LogP contribution in [-0.4, -0.2) is 33.6 Å². The van der Waals surface area contributed by atoms with E-state index in [9.17, 15) is 4.79 Å². The Kier molecular flexibility index (Phi) is 4.55. The lowest BCUT2D eigenvalue weighted by molar-refractivity contribution is 0.465. The number of nitrogens with zero attached hydrogens (tertiary/aromatic N) is 4. The first-order valence-corrected chi connectivity index (χ1v) is 10.9. The van der Waals surface area contributed by atoms with Crippen molar-refractivity contribution in [1.29, 1.82) is 0 Å². The standard InChI is InChI=1S/C27H21N5O2/c1-31(2)17-7-11-25(29-16-17)32-22-6-4-3-5-19(22)20-9-8-18(15-23(20)32)34-26-12-10-21-27(30-26)24(33)13-14-28-21/h3-16H,1-2H3,(H,28,33). The third kappa shape index (κ3) is 3.26. The highest BCUT2D eigenvalue weighted by Crippen LogP contribution is 2.34. The number of H-pyrrole nitrogens is 1. The van der Waals surface area contributed by atoms with Gasteiger partial charge in [-0.3, -0.25) is 9.36 Å². The summed E-state index contributed by atoms with van der Waals surface area (Å²) in [6.45, 7) is 0. The van der Waals surface area contributed by atoms with Gasteiger partial charge in [0, 0.05) is 49.3 Å². The molecule has 0 spiro atoms. The second-order valence-corrected chi connectivity index (χ2v) is 8.29. The van der Waals surface area contributed by atoms with Crippen LogP contribution in [0.2, 0.25) is 0 Å². The Bertz CT molecular complexity index is 1730. The second-order valence-electron chi connectivity index (χ2n) is 8.29. The summed E-state index contributed by atoms with van der Waals surface area (Å²) < 4.78 is 8.22. The lowest BCUT2D eigenvalue weighted by atomic mass is 10.1. The zero-order chi connectivity index (χ0) is 23.2. The number of ether oxygens (including phenoxy) is 1. The molecule has 7 heteroatoms. The van der Waals surface area contributed by atoms with Crippen molar-refractivity contribution >= 4 is 38.5 Å². The van der Waals surface area contributed by atoms with E-state index in [0.717, 1.165) is 33.3 Å². The maximum absolute atomic E-state index is 12.2. The zero-order valence-electron chi connectivity index (χ0n) is 18.7. The highest BCUT2D eigenvalue weighted by molar-refractivity contribution is 6.09. The number of pyridine rings is 3. The van der Waals surface area contributed by atoms with Gasteiger partial charge in [0.15, 0.2) is 0 Å². The second kappa shape index (κ2) is 7.74. The van der Waals surface area contributed by atoms with Crippen molar-refractivity contribution in [3.63, 3.8) is 0 Å². The molecule has 6 aromatic rings. The van der Waals surface area contributed by atoms with Crippen LogP contribution in [0, 0.1) is 0 Å². The van der Waals surface area contributed by atoms with Gasteiger partial charge < -0.3 is 14.6 Å². The third-order valence-corrected chi connectivity index (χ3v) is 5.92. The van der Waals surface area contributed by atoms with Gasteiger partial charge in [0.1, 0.15) is 17.1 Å². The molecule has 0 bridgehead atoms. The molecule has 34 heavy (non-hydrogen) atoms. The van der Waals surface area contributed by atoms with E-state index >= 15 is 0 Å². The van der Waals surface area contributed by atoms with E-state index in [2.05, 4.69) is 32.7 Å². The average Bonchev–Trinajstić information content (AvgIpc) is 3.18. The predicted octanol–water partition coefficient (Wildman–Crippen LogP) is 5.27. The van der Waals surface area contributed by atoms with Crippen molar-refractivity contribution in [3.05, 3.63) is 95.4 Å². The average molecular weight is 447 g/mol. The van der Waals surface area contributed by atoms with Crippen LogP contribution in [0.5, 0.6) is 11.6 Å². The van der Waals surface area contributed by atoms with Crippen molar-refractivity contribution in [3.8, 4) is 17.4 Å². The van der Waals surface area contributed by atoms with Gasteiger partial charge in [-0.2, -0.15) is 0 Å². The number of fused-ring (bicyclic) bond motifs is 4. The van der Waals surface area contributed by atoms with E-state index < -0.39 is 0 Å². The van der Waals surface area contributed by atoms with E-state index in [1.54, 1.807) is 18.3 Å². The molecule has 0 aliphatic heterocycles. The predicted molar refractivity (Wildman–Crippen MR) is 135 cm³/mol. The number of nitrogens with one attached hydrogen (secondary N) is 1. The molecule has 2 aromatic carbocycles. The summed E-state index contributed by atoms with van der Waals surface area (Å²) in [7, 11) is 3.99. The molecule has 0 saturated heterocycles. The number of aromatic amines is 1. The van der Waals surface area contributed by atoms with E-state index in [4.69, 9.17) is 9.72 Å². The van der Waals surface area contributed by atoms with Crippen molar-refractivity contribution in [2.24, 2.45) is 0 Å². The number of anilines is 1. The van der Waals surface area contributed by atoms with Crippen LogP contribution < -0.4 is 15.1 Å². The molecule has 7 nitrogen and oxygen atoms in total. The summed E-state index contributed by atoms with van der Waals surface area (Å²) in [5, 5.41) is 2.24. The highest BCUT2D eigenvalue weighted by Gasteiger charge is 2.14. The lowest BCUT2D eigenvalue weighted by Crippen LogP contribution is -2.09. The minimum absolute atomic E-state index is 0.151. The molecule has 1 N–H and O–H groups in total. The van der Waals surface area contributed by atoms with Crippen LogP contribution in [-0.2, 0) is 0 Å². The van der Waals surface area contributed by atoms with Crippen LogP contribution in [0.15, 0.2) is 90.0 Å². The van der Waals surface area contributed by atoms with Crippen LogP contribution in [0.1, 0.15) is 0 Å². The Labute approximate surface area is 194 Å². The number of benzene rings is 2. The molecule has 0 aliphatic carbocycles. The van der Waals surface area contributed by atoms with E-state index in [-0.39, 0.29) is 5.43 Å². The van der Waals surface area contributed by atoms with Gasteiger partial charge in [0.25, 0.3) is 0 Å². The van der Waals surface area contributed by atoms with Gasteiger partial charge in [-0.1, -0.05) is 18.2 Å². The summed E-state index contributed by atoms with van der Waals surface area (Å²) >= 11 is 0. The fourth-order valence-corrected chi connectivity index (χ4v) is 4.24. The minimum Gasteiger partial charge on any atom is -0.439 e. The molecule has 0 fully saturated rings. The molecule has 0 unspecified atom stereocenters. The van der Waals surface area contributed by atoms with Gasteiger partial charge in [-0.05, 0) is 36.4 Å². The van der Waals surface area contributed by atoms with Gasteiger partial charge in [0.2, 0.25) is 11.3 Å². The summed E-state index contributed by atoms with van der Waals surface area (Å²) in [4.78, 5) is 26.4. The highest BCUT2D eigenvalue weighted by atomic mass is 16.5. The molecular formula is C27H21N5O2. The maximum atomic E-state index is 12.2. The lowest BCUT2D eigenvalue weighted by Gasteiger charge is -2.13. The fraction of sp³-hybridized carbons (Fsp3) is 0.0741. The SMILES string of the molecule is CN(C)c1ccc(-n2c3ccccc3c3ccc(Oc4ccc5[nH]ccc(=O)c5n4)cc32)nc1. The van der Waals surface area contributed by atoms with Gasteiger partial charge in [-0.15, -0.1) is 0 Å². The van der Waals surface area contributed by atoms with E-state index in [0.29, 0.717) is 22.7 Å². The normalized spacial score (nSPS) is 11.4. The first kappa shape index (κ1) is 20.0. The Morgan fingerprint density at radius 2 is 1.76 bits per heavy atom. The molecule has 0 radical (unpaired) electrons.